The van der Waals surface area contributed by atoms with E-state index in [1.807, 2.05) is 0 Å². The predicted molar refractivity (Wildman–Crippen MR) is 95.9 cm³/mol. The summed E-state index contributed by atoms with van der Waals surface area (Å²) in [5.74, 6) is -0.0708. The lowest BCUT2D eigenvalue weighted by molar-refractivity contribution is -0.187. The zero-order valence-electron chi connectivity index (χ0n) is 15.4. The van der Waals surface area contributed by atoms with Crippen LogP contribution in [0.1, 0.15) is 12.8 Å². The minimum atomic E-state index is -3.73. The van der Waals surface area contributed by atoms with E-state index in [4.69, 9.17) is 9.47 Å². The van der Waals surface area contributed by atoms with Crippen LogP contribution in [0.25, 0.3) is 0 Å². The Bertz CT molecular complexity index is 778. The molecule has 1 aromatic carbocycles. The molecule has 3 aliphatic heterocycles. The summed E-state index contributed by atoms with van der Waals surface area (Å²) in [5, 5.41) is 0. The van der Waals surface area contributed by atoms with Gasteiger partial charge in [-0.05, 0) is 37.1 Å². The smallest absolute Gasteiger partial charge is 0.387 e. The van der Waals surface area contributed by atoms with Crippen molar-refractivity contribution in [1.82, 2.24) is 9.21 Å². The van der Waals surface area contributed by atoms with E-state index in [1.54, 1.807) is 0 Å². The van der Waals surface area contributed by atoms with Crippen molar-refractivity contribution in [2.75, 3.05) is 46.0 Å². The van der Waals surface area contributed by atoms with Gasteiger partial charge in [0.1, 0.15) is 11.4 Å². The highest BCUT2D eigenvalue weighted by Crippen LogP contribution is 2.35. The van der Waals surface area contributed by atoms with Crippen molar-refractivity contribution in [3.05, 3.63) is 24.3 Å². The first-order valence-electron chi connectivity index (χ1n) is 9.39. The summed E-state index contributed by atoms with van der Waals surface area (Å²) < 4.78 is 67.6. The number of alkyl halides is 2. The summed E-state index contributed by atoms with van der Waals surface area (Å²) in [7, 11) is -3.73. The molecule has 0 atom stereocenters. The fraction of sp³-hybridized carbons (Fsp3) is 0.667. The molecule has 4 rings (SSSR count). The van der Waals surface area contributed by atoms with Crippen molar-refractivity contribution >= 4 is 10.0 Å². The van der Waals surface area contributed by atoms with E-state index in [2.05, 4.69) is 9.64 Å². The highest BCUT2D eigenvalue weighted by molar-refractivity contribution is 7.89. The van der Waals surface area contributed by atoms with E-state index < -0.39 is 22.2 Å². The largest absolute Gasteiger partial charge is 0.435 e. The number of rotatable bonds is 5. The predicted octanol–water partition coefficient (Wildman–Crippen LogP) is 1.54. The molecule has 7 nitrogen and oxygen atoms in total. The average molecular weight is 418 g/mol. The van der Waals surface area contributed by atoms with Crippen LogP contribution in [0, 0.1) is 0 Å². The quantitative estimate of drug-likeness (QED) is 0.723. The van der Waals surface area contributed by atoms with Crippen LogP contribution < -0.4 is 4.74 Å². The minimum Gasteiger partial charge on any atom is -0.435 e. The van der Waals surface area contributed by atoms with Gasteiger partial charge in [-0.1, -0.05) is 0 Å². The molecule has 0 unspecified atom stereocenters. The van der Waals surface area contributed by atoms with Crippen molar-refractivity contribution in [2.24, 2.45) is 0 Å². The first-order valence-corrected chi connectivity index (χ1v) is 10.8. The van der Waals surface area contributed by atoms with Gasteiger partial charge >= 0.3 is 6.61 Å². The molecule has 0 N–H and O–H groups in total. The Kier molecular flexibility index (Phi) is 5.58. The van der Waals surface area contributed by atoms with Crippen molar-refractivity contribution in [3.63, 3.8) is 0 Å². The van der Waals surface area contributed by atoms with E-state index in [0.717, 1.165) is 26.1 Å². The molecule has 10 heteroatoms. The summed E-state index contributed by atoms with van der Waals surface area (Å²) in [6.07, 6.45) is 1.98. The van der Waals surface area contributed by atoms with E-state index in [-0.39, 0.29) is 17.2 Å². The van der Waals surface area contributed by atoms with E-state index in [1.165, 1.54) is 28.6 Å². The van der Waals surface area contributed by atoms with Crippen LogP contribution in [0.2, 0.25) is 0 Å². The van der Waals surface area contributed by atoms with Gasteiger partial charge in [0, 0.05) is 45.4 Å². The molecule has 28 heavy (non-hydrogen) atoms. The summed E-state index contributed by atoms with van der Waals surface area (Å²) >= 11 is 0. The lowest BCUT2D eigenvalue weighted by Gasteiger charge is -2.56. The minimum absolute atomic E-state index is 0.0618. The van der Waals surface area contributed by atoms with E-state index in [9.17, 15) is 17.2 Å². The zero-order valence-corrected chi connectivity index (χ0v) is 16.2. The normalized spacial score (nSPS) is 24.4. The Hall–Kier alpha value is -1.33. The molecule has 1 spiro atoms. The number of likely N-dealkylation sites (tertiary alicyclic amines) is 1. The highest BCUT2D eigenvalue weighted by Gasteiger charge is 2.51. The molecule has 0 saturated carbocycles. The number of hydrogen-bond donors (Lipinski definition) is 0. The number of ether oxygens (including phenoxy) is 3. The molecule has 156 valence electrons. The summed E-state index contributed by atoms with van der Waals surface area (Å²) in [4.78, 5) is 2.40. The van der Waals surface area contributed by atoms with E-state index >= 15 is 0 Å². The maximum atomic E-state index is 13.0. The molecule has 0 aromatic heterocycles. The SMILES string of the molecule is O=S(=O)(c1ccc(OC(F)F)cc1)N1CCOC2(CN(C3CCOCC3)C2)C1. The van der Waals surface area contributed by atoms with Crippen LogP contribution in [0.5, 0.6) is 5.75 Å². The van der Waals surface area contributed by atoms with Gasteiger partial charge in [0.05, 0.1) is 11.5 Å². The van der Waals surface area contributed by atoms with Gasteiger partial charge in [-0.3, -0.25) is 4.90 Å². The average Bonchev–Trinajstić information content (AvgIpc) is 2.67. The number of morpholine rings is 1. The molecule has 0 bridgehead atoms. The van der Waals surface area contributed by atoms with Crippen molar-refractivity contribution in [3.8, 4) is 5.75 Å². The van der Waals surface area contributed by atoms with Crippen molar-refractivity contribution in [2.45, 2.75) is 36.0 Å². The first-order chi connectivity index (χ1) is 13.4. The highest BCUT2D eigenvalue weighted by atomic mass is 32.2. The number of benzene rings is 1. The maximum absolute atomic E-state index is 13.0. The fourth-order valence-corrected chi connectivity index (χ4v) is 5.65. The third-order valence-corrected chi connectivity index (χ3v) is 7.45. The molecule has 0 radical (unpaired) electrons. The standard InChI is InChI=1S/C18H24F2N2O5S/c19-17(20)27-15-1-3-16(4-2-15)28(23,24)22-7-10-26-18(13-22)11-21(12-18)14-5-8-25-9-6-14/h1-4,14,17H,5-13H2. The molecule has 3 fully saturated rings. The summed E-state index contributed by atoms with van der Waals surface area (Å²) in [5.41, 5.74) is -0.470. The van der Waals surface area contributed by atoms with Crippen LogP contribution >= 0.6 is 0 Å². The Morgan fingerprint density at radius 2 is 1.75 bits per heavy atom. The van der Waals surface area contributed by atoms with Gasteiger partial charge in [0.25, 0.3) is 0 Å². The Morgan fingerprint density at radius 3 is 2.39 bits per heavy atom. The maximum Gasteiger partial charge on any atom is 0.387 e. The first kappa shape index (κ1) is 20.0. The Morgan fingerprint density at radius 1 is 1.07 bits per heavy atom. The number of nitrogens with zero attached hydrogens (tertiary/aromatic N) is 2. The Balaban J connectivity index is 1.41. The molecule has 3 heterocycles. The van der Waals surface area contributed by atoms with Crippen LogP contribution in [0.3, 0.4) is 0 Å². The van der Waals surface area contributed by atoms with Gasteiger partial charge in [0.15, 0.2) is 0 Å². The van der Waals surface area contributed by atoms with Crippen LogP contribution in [0.15, 0.2) is 29.2 Å². The van der Waals surface area contributed by atoms with E-state index in [0.29, 0.717) is 32.3 Å². The Labute approximate surface area is 163 Å². The molecular weight excluding hydrogens is 394 g/mol. The molecular formula is C18H24F2N2O5S. The summed E-state index contributed by atoms with van der Waals surface area (Å²) in [6.45, 7) is 0.921. The second-order valence-corrected chi connectivity index (χ2v) is 9.41. The number of hydrogen-bond acceptors (Lipinski definition) is 6. The van der Waals surface area contributed by atoms with Crippen molar-refractivity contribution < 1.29 is 31.4 Å². The monoisotopic (exact) mass is 418 g/mol. The molecule has 1 aromatic rings. The van der Waals surface area contributed by atoms with Gasteiger partial charge < -0.3 is 14.2 Å². The third-order valence-electron chi connectivity index (χ3n) is 5.59. The van der Waals surface area contributed by atoms with Gasteiger partial charge in [-0.15, -0.1) is 0 Å². The fourth-order valence-electron chi connectivity index (χ4n) is 4.15. The third kappa shape index (κ3) is 4.02. The topological polar surface area (TPSA) is 68.3 Å². The van der Waals surface area contributed by atoms with Crippen LogP contribution in [-0.4, -0.2) is 81.9 Å². The molecule has 3 aliphatic rings. The second-order valence-electron chi connectivity index (χ2n) is 7.47. The second kappa shape index (κ2) is 7.83. The van der Waals surface area contributed by atoms with Gasteiger partial charge in [-0.2, -0.15) is 13.1 Å². The lowest BCUT2D eigenvalue weighted by atomic mass is 9.89. The lowest BCUT2D eigenvalue weighted by Crippen LogP contribution is -2.72. The van der Waals surface area contributed by atoms with Crippen LogP contribution in [-0.2, 0) is 19.5 Å². The van der Waals surface area contributed by atoms with Gasteiger partial charge in [0.2, 0.25) is 10.0 Å². The number of sulfonamides is 1. The molecule has 0 aliphatic carbocycles. The summed E-state index contributed by atoms with van der Waals surface area (Å²) in [6, 6.07) is 5.54. The molecule has 0 amide bonds. The van der Waals surface area contributed by atoms with Crippen LogP contribution in [0.4, 0.5) is 8.78 Å². The van der Waals surface area contributed by atoms with Crippen molar-refractivity contribution in [1.29, 1.82) is 0 Å². The zero-order chi connectivity index (χ0) is 19.8. The number of halogens is 2. The van der Waals surface area contributed by atoms with Gasteiger partial charge in [-0.25, -0.2) is 8.42 Å². The molecule has 3 saturated heterocycles.